The minimum absolute atomic E-state index is 0.0400. The second kappa shape index (κ2) is 36.2. The van der Waals surface area contributed by atoms with E-state index in [9.17, 15) is 71.0 Å². The number of nitrogens with one attached hydrogen (secondary N) is 5. The number of carbonyl (C=O) groups is 7. The molecular weight excluding hydrogens is 1570 g/mol. The van der Waals surface area contributed by atoms with Crippen LogP contribution >= 0.6 is 15.4 Å². The summed E-state index contributed by atoms with van der Waals surface area (Å²) in [7, 11) is -8.86. The second-order valence-corrected chi connectivity index (χ2v) is 31.3. The lowest BCUT2D eigenvalue weighted by atomic mass is 9.77. The number of piperazine rings is 1. The van der Waals surface area contributed by atoms with Crippen LogP contribution < -0.4 is 36.1 Å². The molecular formula is C69H82F10N12O20P2. The van der Waals surface area contributed by atoms with E-state index in [1.807, 2.05) is 10.7 Å². The van der Waals surface area contributed by atoms with Gasteiger partial charge in [0.2, 0.25) is 24.6 Å². The lowest BCUT2D eigenvalue weighted by Crippen LogP contribution is -2.64. The van der Waals surface area contributed by atoms with Gasteiger partial charge in [-0.3, -0.25) is 43.9 Å². The number of carbonyl (C=O) groups excluding carboxylic acids is 7. The molecule has 6 atom stereocenters. The molecule has 44 heteroatoms. The Morgan fingerprint density at radius 2 is 1.31 bits per heavy atom. The minimum atomic E-state index is -5.46. The molecule has 8 rings (SSSR count). The van der Waals surface area contributed by atoms with E-state index in [0.717, 1.165) is 38.3 Å². The molecule has 3 fully saturated rings. The monoisotopic (exact) mass is 1650 g/mol. The molecule has 113 heavy (non-hydrogen) atoms. The third kappa shape index (κ3) is 23.5. The van der Waals surface area contributed by atoms with E-state index >= 15 is 35.1 Å². The average Bonchev–Trinajstić information content (AvgIpc) is 1.69. The lowest BCUT2D eigenvalue weighted by molar-refractivity contribution is -0.221. The largest absolute Gasteiger partial charge is 0.524 e. The fraction of sp³-hybridized carbons (Fsp3) is 0.507. The van der Waals surface area contributed by atoms with Crippen LogP contribution in [0, 0.1) is 41.2 Å². The number of esters is 1. The van der Waals surface area contributed by atoms with Gasteiger partial charge in [-0.2, -0.15) is 40.2 Å². The van der Waals surface area contributed by atoms with Crippen LogP contribution in [0.25, 0.3) is 11.3 Å². The van der Waals surface area contributed by atoms with Crippen molar-refractivity contribution in [3.8, 4) is 28.8 Å². The Morgan fingerprint density at radius 3 is 1.82 bits per heavy atom. The van der Waals surface area contributed by atoms with Gasteiger partial charge in [0.05, 0.1) is 81.0 Å². The molecule has 618 valence electrons. The summed E-state index contributed by atoms with van der Waals surface area (Å²) >= 11 is 0. The molecule has 3 aliphatic heterocycles. The number of hydrogen-bond acceptors (Lipinski definition) is 22. The highest BCUT2D eigenvalue weighted by molar-refractivity contribution is 7.51. The summed E-state index contributed by atoms with van der Waals surface area (Å²) in [6, 6.07) is 3.25. The van der Waals surface area contributed by atoms with Crippen molar-refractivity contribution in [2.75, 3.05) is 65.0 Å². The van der Waals surface area contributed by atoms with Crippen LogP contribution in [0.4, 0.5) is 64.2 Å². The highest BCUT2D eigenvalue weighted by atomic mass is 31.2. The SMILES string of the molecule is COC(=O)N[C@H](C(=O)N[C@@H](Cc1ccc(C#Cc2cnc(N3CC4CCC(C3)N4C3COC3)nc2)cc1)[C@H](CN(Cc1c(F)cc(-c2ccn(C(F)F)n2)cc1F)NC(=O)[C@@H](NC(=O)OC)C(C)(C)C(F)(F)F)OC(=O)OCOC(=O)CC(C)(C)c1c(CC(=O)NCP(=O)(O)O)cc(C)cc1OP(=O)(O)O)C(C)(C)C(F)(F)F. The van der Waals surface area contributed by atoms with Gasteiger partial charge < -0.3 is 68.9 Å². The maximum atomic E-state index is 16.7. The molecule has 5 amide bonds. The van der Waals surface area contributed by atoms with E-state index in [0.29, 0.717) is 108 Å². The van der Waals surface area contributed by atoms with Gasteiger partial charge in [0, 0.05) is 78.0 Å². The fourth-order valence-electron chi connectivity index (χ4n) is 12.8. The van der Waals surface area contributed by atoms with Gasteiger partial charge in [0.1, 0.15) is 41.9 Å². The molecule has 0 radical (unpaired) electrons. The van der Waals surface area contributed by atoms with E-state index in [2.05, 4.69) is 51.5 Å². The van der Waals surface area contributed by atoms with Gasteiger partial charge in [0.15, 0.2) is 0 Å². The van der Waals surface area contributed by atoms with Crippen LogP contribution in [0.5, 0.6) is 5.75 Å². The van der Waals surface area contributed by atoms with Crippen LogP contribution in [0.2, 0.25) is 0 Å². The third-order valence-corrected chi connectivity index (χ3v) is 19.9. The zero-order chi connectivity index (χ0) is 83.7. The smallest absolute Gasteiger partial charge is 0.453 e. The van der Waals surface area contributed by atoms with Crippen molar-refractivity contribution >= 4 is 63.4 Å². The van der Waals surface area contributed by atoms with E-state index in [4.69, 9.17) is 23.5 Å². The Kier molecular flexibility index (Phi) is 28.4. The molecule has 0 aliphatic carbocycles. The molecule has 2 unspecified atom stereocenters. The summed E-state index contributed by atoms with van der Waals surface area (Å²) in [6.45, 7) is 0.976. The molecule has 5 aromatic rings. The van der Waals surface area contributed by atoms with Crippen LogP contribution in [0.3, 0.4) is 0 Å². The normalized spacial score (nSPS) is 16.8. The molecule has 2 aromatic heterocycles. The molecule has 2 bridgehead atoms. The number of hydrogen-bond donors (Lipinski definition) is 9. The number of phosphoric acid groups is 1. The number of nitrogens with zero attached hydrogens (tertiary/aromatic N) is 7. The van der Waals surface area contributed by atoms with Gasteiger partial charge in [-0.25, -0.2) is 47.4 Å². The first-order valence-corrected chi connectivity index (χ1v) is 37.6. The maximum Gasteiger partial charge on any atom is 0.524 e. The Hall–Kier alpha value is -9.72. The number of halogens is 10. The zero-order valence-corrected chi connectivity index (χ0v) is 63.7. The Balaban J connectivity index is 1.19. The number of phosphoric ester groups is 1. The summed E-state index contributed by atoms with van der Waals surface area (Å²) < 4.78 is 211. The number of aryl methyl sites for hydroxylation is 1. The third-order valence-electron chi connectivity index (χ3n) is 18.9. The summed E-state index contributed by atoms with van der Waals surface area (Å²) in [4.78, 5) is 149. The topological polar surface area (TPSA) is 413 Å². The number of alkyl halides is 8. The summed E-state index contributed by atoms with van der Waals surface area (Å²) in [5.74, 6) is -3.46. The van der Waals surface area contributed by atoms with Crippen molar-refractivity contribution in [3.63, 3.8) is 0 Å². The van der Waals surface area contributed by atoms with Gasteiger partial charge in [-0.05, 0) is 107 Å². The van der Waals surface area contributed by atoms with E-state index in [-0.39, 0.29) is 32.5 Å². The molecule has 3 aliphatic rings. The van der Waals surface area contributed by atoms with Gasteiger partial charge in [0.25, 0.3) is 5.91 Å². The zero-order valence-electron chi connectivity index (χ0n) is 61.9. The first-order valence-electron chi connectivity index (χ1n) is 34.3. The number of methoxy groups -OCH3 is 2. The molecule has 0 saturated carbocycles. The Bertz CT molecular complexity index is 4420. The highest BCUT2D eigenvalue weighted by Crippen LogP contribution is 2.47. The Morgan fingerprint density at radius 1 is 0.743 bits per heavy atom. The van der Waals surface area contributed by atoms with Crippen LogP contribution in [-0.4, -0.2) is 206 Å². The molecule has 3 aromatic carbocycles. The summed E-state index contributed by atoms with van der Waals surface area (Å²) in [6.07, 6.45) is -16.3. The number of ether oxygens (including phenoxy) is 6. The summed E-state index contributed by atoms with van der Waals surface area (Å²) in [5.41, 5.74) is -7.88. The van der Waals surface area contributed by atoms with Crippen LogP contribution in [0.1, 0.15) is 106 Å². The maximum absolute atomic E-state index is 16.7. The molecule has 32 nitrogen and oxygen atoms in total. The number of amides is 5. The van der Waals surface area contributed by atoms with Gasteiger partial charge in [-0.15, -0.1) is 0 Å². The standard InChI is InChI=1S/C69H82F10N12O20P2/c1-37-20-42(25-53(92)82-35-112(99,100)101)55(51(21-37)111-113(102,103)104)65(2,3)26-54(93)108-36-109-64(98)110-52(32-89(87-59(95)57(85-63(97)106-9)67(6,7)69(77,78)79)31-46-47(70)23-41(24-48(46)71)49-18-19-90(86-49)60(72)73)50(83-58(94)56(84-62(96)105-8)66(4,5)68(74,75)76)22-39-13-10-38(11-14-39)12-15-40-27-80-61(81-28-40)88-29-43-16-17-44(30-88)91(43)45-33-107-34-45/h10-11,13-14,18-21,23-24,27-28,43-45,50,52,56-57,60H,16-17,22,25-26,29-36H2,1-9H3,(H,82,92)(H,83,94)(H,84,96)(H,85,97)(H,87,95)(H2,99,100,101)(H2,102,103,104)/t43?,44?,50-,52-,56+,57+/m0/s1. The molecule has 9 N–H and O–H groups in total. The summed E-state index contributed by atoms with van der Waals surface area (Å²) in [5, 5.41) is 11.8. The number of benzene rings is 3. The van der Waals surface area contributed by atoms with Crippen molar-refractivity contribution in [1.29, 1.82) is 0 Å². The first kappa shape index (κ1) is 88.8. The van der Waals surface area contributed by atoms with Crippen molar-refractivity contribution in [3.05, 3.63) is 124 Å². The van der Waals surface area contributed by atoms with E-state index < -0.39 is 196 Å². The number of hydrazine groups is 1. The number of aromatic nitrogens is 4. The van der Waals surface area contributed by atoms with Crippen molar-refractivity contribution in [1.82, 2.24) is 56.4 Å². The molecule has 3 saturated heterocycles. The predicted molar refractivity (Wildman–Crippen MR) is 374 cm³/mol. The predicted octanol–water partition coefficient (Wildman–Crippen LogP) is 7.62. The van der Waals surface area contributed by atoms with E-state index in [1.54, 1.807) is 10.6 Å². The quantitative estimate of drug-likeness (QED) is 0.00392. The second-order valence-electron chi connectivity index (χ2n) is 28.5. The Labute approximate surface area is 639 Å². The van der Waals surface area contributed by atoms with E-state index in [1.165, 1.54) is 63.5 Å². The van der Waals surface area contributed by atoms with Crippen molar-refractivity contribution < 1.29 is 139 Å². The first-order chi connectivity index (χ1) is 52.6. The molecule has 0 spiro atoms. The van der Waals surface area contributed by atoms with Gasteiger partial charge >= 0.3 is 58.6 Å². The van der Waals surface area contributed by atoms with Crippen LogP contribution in [0.15, 0.2) is 73.2 Å². The fourth-order valence-corrected chi connectivity index (χ4v) is 13.6. The van der Waals surface area contributed by atoms with Crippen LogP contribution in [-0.2, 0) is 81.5 Å². The number of anilines is 1. The van der Waals surface area contributed by atoms with Gasteiger partial charge in [-0.1, -0.05) is 43.9 Å². The lowest BCUT2D eigenvalue weighted by Gasteiger charge is -2.47. The number of rotatable bonds is 31. The number of alkyl carbamates (subject to hydrolysis) is 2. The minimum Gasteiger partial charge on any atom is -0.453 e. The highest BCUT2D eigenvalue weighted by Gasteiger charge is 2.58. The number of fused-ring (bicyclic) bond motifs is 2. The van der Waals surface area contributed by atoms with Crippen molar-refractivity contribution in [2.45, 2.75) is 154 Å². The van der Waals surface area contributed by atoms with Crippen molar-refractivity contribution in [2.24, 2.45) is 10.8 Å². The average molecular weight is 1650 g/mol. The molecule has 5 heterocycles.